The highest BCUT2D eigenvalue weighted by Gasteiger charge is 2.44. The number of sulfonamides is 1. The molecule has 0 aliphatic carbocycles. The molecule has 0 aliphatic heterocycles. The molecule has 0 saturated heterocycles. The van der Waals surface area contributed by atoms with Crippen LogP contribution < -0.4 is 4.72 Å². The zero-order chi connectivity index (χ0) is 16.4. The second kappa shape index (κ2) is 5.93. The molecule has 0 aliphatic rings. The smallest absolute Gasteiger partial charge is 0.405 e. The number of carboxylic acids is 1. The highest BCUT2D eigenvalue weighted by atomic mass is 32.2. The molecule has 0 heterocycles. The average Bonchev–Trinajstić information content (AvgIpc) is 2.29. The van der Waals surface area contributed by atoms with Gasteiger partial charge in [0.15, 0.2) is 11.6 Å². The number of carbonyl (C=O) groups is 1. The van der Waals surface area contributed by atoms with Gasteiger partial charge in [0, 0.05) is 0 Å². The van der Waals surface area contributed by atoms with Crippen molar-refractivity contribution in [3.63, 3.8) is 0 Å². The second-order valence-corrected chi connectivity index (χ2v) is 5.55. The number of carboxylic acid groups (broad SMARTS) is 1. The summed E-state index contributed by atoms with van der Waals surface area (Å²) < 4.78 is 88.1. The van der Waals surface area contributed by atoms with Crippen molar-refractivity contribution < 1.29 is 40.3 Å². The molecule has 0 unspecified atom stereocenters. The summed E-state index contributed by atoms with van der Waals surface area (Å²) in [4.78, 5) is 8.99. The largest absolute Gasteiger partial charge is 0.481 e. The molecule has 0 aromatic heterocycles. The van der Waals surface area contributed by atoms with Crippen LogP contribution in [-0.4, -0.2) is 31.7 Å². The van der Waals surface area contributed by atoms with Crippen LogP contribution in [0.5, 0.6) is 0 Å². The Morgan fingerprint density at radius 2 is 1.86 bits per heavy atom. The number of aliphatic carboxylic acids is 1. The van der Waals surface area contributed by atoms with Gasteiger partial charge in [-0.15, -0.1) is 0 Å². The van der Waals surface area contributed by atoms with Gasteiger partial charge in [-0.1, -0.05) is 6.07 Å². The van der Waals surface area contributed by atoms with Gasteiger partial charge in [-0.2, -0.15) is 17.9 Å². The average molecular weight is 333 g/mol. The summed E-state index contributed by atoms with van der Waals surface area (Å²) in [6.07, 6.45) is -6.81. The number of benzene rings is 1. The highest BCUT2D eigenvalue weighted by molar-refractivity contribution is 7.89. The van der Waals surface area contributed by atoms with E-state index in [0.29, 0.717) is 12.1 Å². The minimum absolute atomic E-state index is 0.551. The Bertz CT molecular complexity index is 643. The van der Waals surface area contributed by atoms with Gasteiger partial charge in [-0.3, -0.25) is 4.79 Å². The summed E-state index contributed by atoms with van der Waals surface area (Å²) in [7, 11) is -5.09. The Kier molecular flexibility index (Phi) is 4.89. The van der Waals surface area contributed by atoms with Gasteiger partial charge < -0.3 is 5.11 Å². The second-order valence-electron chi connectivity index (χ2n) is 3.87. The van der Waals surface area contributed by atoms with Gasteiger partial charge in [0.2, 0.25) is 10.0 Å². The maximum atomic E-state index is 13.3. The van der Waals surface area contributed by atoms with E-state index in [9.17, 15) is 35.2 Å². The minimum atomic E-state index is -5.21. The molecule has 21 heavy (non-hydrogen) atoms. The maximum Gasteiger partial charge on any atom is 0.405 e. The van der Waals surface area contributed by atoms with Gasteiger partial charge in [0.1, 0.15) is 10.9 Å². The monoisotopic (exact) mass is 333 g/mol. The predicted octanol–water partition coefficient (Wildman–Crippen LogP) is 1.65. The predicted molar refractivity (Wildman–Crippen MR) is 58.8 cm³/mol. The summed E-state index contributed by atoms with van der Waals surface area (Å²) >= 11 is 0. The van der Waals surface area contributed by atoms with Crippen LogP contribution in [0.2, 0.25) is 0 Å². The molecule has 0 spiro atoms. The van der Waals surface area contributed by atoms with Crippen molar-refractivity contribution in [2.75, 3.05) is 0 Å². The Morgan fingerprint density at radius 1 is 1.29 bits per heavy atom. The van der Waals surface area contributed by atoms with Gasteiger partial charge in [0.25, 0.3) is 0 Å². The van der Waals surface area contributed by atoms with Crippen LogP contribution in [0.1, 0.15) is 6.42 Å². The molecule has 0 saturated carbocycles. The molecular formula is C10H8F5NO4S. The maximum absolute atomic E-state index is 13.3. The number of alkyl halides is 3. The summed E-state index contributed by atoms with van der Waals surface area (Å²) in [5.74, 6) is -5.35. The van der Waals surface area contributed by atoms with Gasteiger partial charge in [-0.25, -0.2) is 17.2 Å². The lowest BCUT2D eigenvalue weighted by Gasteiger charge is -2.20. The number of hydrogen-bond acceptors (Lipinski definition) is 3. The van der Waals surface area contributed by atoms with Crippen molar-refractivity contribution in [2.45, 2.75) is 23.5 Å². The third-order valence-corrected chi connectivity index (χ3v) is 3.77. The molecule has 11 heteroatoms. The minimum Gasteiger partial charge on any atom is -0.481 e. The first kappa shape index (κ1) is 17.3. The molecular weight excluding hydrogens is 325 g/mol. The summed E-state index contributed by atoms with van der Waals surface area (Å²) in [6, 6.07) is -1.06. The lowest BCUT2D eigenvalue weighted by Crippen LogP contribution is -2.46. The van der Waals surface area contributed by atoms with E-state index in [1.165, 1.54) is 0 Å². The quantitative estimate of drug-likeness (QED) is 0.803. The van der Waals surface area contributed by atoms with E-state index >= 15 is 0 Å². The molecule has 1 rings (SSSR count). The summed E-state index contributed by atoms with van der Waals surface area (Å²) in [5.41, 5.74) is 0. The van der Waals surface area contributed by atoms with E-state index < -0.39 is 51.2 Å². The van der Waals surface area contributed by atoms with E-state index in [1.54, 1.807) is 0 Å². The third kappa shape index (κ3) is 4.36. The van der Waals surface area contributed by atoms with E-state index in [-0.39, 0.29) is 0 Å². The Balaban J connectivity index is 3.18. The summed E-state index contributed by atoms with van der Waals surface area (Å²) in [5, 5.41) is 8.34. The van der Waals surface area contributed by atoms with Crippen molar-refractivity contribution >= 4 is 16.0 Å². The van der Waals surface area contributed by atoms with Crippen LogP contribution in [0.3, 0.4) is 0 Å². The lowest BCUT2D eigenvalue weighted by atomic mass is 10.2. The molecule has 5 nitrogen and oxygen atoms in total. The van der Waals surface area contributed by atoms with Crippen LogP contribution >= 0.6 is 0 Å². The zero-order valence-electron chi connectivity index (χ0n) is 9.99. The number of halogens is 5. The third-order valence-electron chi connectivity index (χ3n) is 2.28. The lowest BCUT2D eigenvalue weighted by molar-refractivity contribution is -0.163. The molecule has 1 aromatic rings. The molecule has 1 atom stereocenters. The Hall–Kier alpha value is -1.75. The van der Waals surface area contributed by atoms with Crippen molar-refractivity contribution in [1.29, 1.82) is 0 Å². The van der Waals surface area contributed by atoms with Crippen molar-refractivity contribution in [3.05, 3.63) is 29.8 Å². The fourth-order valence-electron chi connectivity index (χ4n) is 1.34. The van der Waals surface area contributed by atoms with Crippen LogP contribution in [0.15, 0.2) is 23.1 Å². The first-order valence-corrected chi connectivity index (χ1v) is 6.68. The van der Waals surface area contributed by atoms with Crippen LogP contribution in [-0.2, 0) is 14.8 Å². The van der Waals surface area contributed by atoms with Crippen molar-refractivity contribution in [1.82, 2.24) is 4.72 Å². The van der Waals surface area contributed by atoms with Gasteiger partial charge in [-0.05, 0) is 12.1 Å². The summed E-state index contributed by atoms with van der Waals surface area (Å²) in [6.45, 7) is 0. The van der Waals surface area contributed by atoms with Gasteiger partial charge in [0.05, 0.1) is 6.42 Å². The fourth-order valence-corrected chi connectivity index (χ4v) is 2.65. The first-order valence-electron chi connectivity index (χ1n) is 5.20. The topological polar surface area (TPSA) is 83.5 Å². The fraction of sp³-hybridized carbons (Fsp3) is 0.300. The standard InChI is InChI=1S/C10H8F5NO4S/c11-5-2-1-3-6(9(5)12)21(19,20)16-7(4-8(17)18)10(13,14)15/h1-3,7,16H,4H2,(H,17,18)/t7-/m1/s1. The van der Waals surface area contributed by atoms with Gasteiger partial charge >= 0.3 is 12.1 Å². The molecule has 0 amide bonds. The molecule has 2 N–H and O–H groups in total. The first-order chi connectivity index (χ1) is 9.45. The SMILES string of the molecule is O=C(O)C[C@@H](NS(=O)(=O)c1cccc(F)c1F)C(F)(F)F. The molecule has 0 radical (unpaired) electrons. The number of nitrogens with one attached hydrogen (secondary N) is 1. The van der Waals surface area contributed by atoms with Crippen LogP contribution in [0, 0.1) is 11.6 Å². The Labute approximate surface area is 115 Å². The van der Waals surface area contributed by atoms with E-state index in [0.717, 1.165) is 10.8 Å². The molecule has 0 fully saturated rings. The van der Waals surface area contributed by atoms with Crippen molar-refractivity contribution in [3.8, 4) is 0 Å². The number of rotatable bonds is 5. The molecule has 1 aromatic carbocycles. The van der Waals surface area contributed by atoms with Crippen LogP contribution in [0.25, 0.3) is 0 Å². The zero-order valence-corrected chi connectivity index (χ0v) is 10.8. The van der Waals surface area contributed by atoms with Crippen LogP contribution in [0.4, 0.5) is 22.0 Å². The van der Waals surface area contributed by atoms with E-state index in [1.807, 2.05) is 0 Å². The highest BCUT2D eigenvalue weighted by Crippen LogP contribution is 2.25. The molecule has 118 valence electrons. The normalized spacial score (nSPS) is 14.0. The molecule has 0 bridgehead atoms. The number of hydrogen-bond donors (Lipinski definition) is 2. The Morgan fingerprint density at radius 3 is 2.33 bits per heavy atom. The van der Waals surface area contributed by atoms with E-state index in [2.05, 4.69) is 0 Å². The van der Waals surface area contributed by atoms with Crippen molar-refractivity contribution in [2.24, 2.45) is 0 Å². The van der Waals surface area contributed by atoms with E-state index in [4.69, 9.17) is 5.11 Å².